The minimum Gasteiger partial charge on any atom is -0.395 e. The fourth-order valence-electron chi connectivity index (χ4n) is 1.53. The van der Waals surface area contributed by atoms with Gasteiger partial charge in [0.05, 0.1) is 6.61 Å². The molecular formula is C12H15BrN2O3. The number of rotatable bonds is 3. The normalized spacial score (nSPS) is 10.0. The van der Waals surface area contributed by atoms with E-state index in [1.54, 1.807) is 0 Å². The fourth-order valence-corrected chi connectivity index (χ4v) is 2.21. The predicted molar refractivity (Wildman–Crippen MR) is 72.3 cm³/mol. The molecule has 0 aliphatic carbocycles. The summed E-state index contributed by atoms with van der Waals surface area (Å²) in [6.45, 7) is 3.55. The summed E-state index contributed by atoms with van der Waals surface area (Å²) in [6, 6.07) is 3.71. The highest BCUT2D eigenvalue weighted by molar-refractivity contribution is 9.10. The van der Waals surface area contributed by atoms with Crippen molar-refractivity contribution in [3.8, 4) is 0 Å². The van der Waals surface area contributed by atoms with Crippen LogP contribution < -0.4 is 10.6 Å². The number of carbonyl (C=O) groups excluding carboxylic acids is 2. The van der Waals surface area contributed by atoms with E-state index >= 15 is 0 Å². The highest BCUT2D eigenvalue weighted by atomic mass is 79.9. The van der Waals surface area contributed by atoms with Gasteiger partial charge in [-0.1, -0.05) is 15.9 Å². The maximum Gasteiger partial charge on any atom is 0.313 e. The van der Waals surface area contributed by atoms with Crippen molar-refractivity contribution < 1.29 is 14.7 Å². The van der Waals surface area contributed by atoms with Crippen LogP contribution in [0.3, 0.4) is 0 Å². The van der Waals surface area contributed by atoms with Crippen molar-refractivity contribution in [2.45, 2.75) is 13.8 Å². The Kier molecular flexibility index (Phi) is 5.30. The van der Waals surface area contributed by atoms with Crippen LogP contribution >= 0.6 is 15.9 Å². The third kappa shape index (κ3) is 3.82. The van der Waals surface area contributed by atoms with Crippen LogP contribution in [0.5, 0.6) is 0 Å². The SMILES string of the molecule is Cc1cc(Br)cc(C)c1NC(=O)C(=O)NCCO. The number of aryl methyl sites for hydroxylation is 2. The van der Waals surface area contributed by atoms with E-state index < -0.39 is 11.8 Å². The first-order chi connectivity index (χ1) is 8.45. The van der Waals surface area contributed by atoms with E-state index in [-0.39, 0.29) is 13.2 Å². The zero-order valence-electron chi connectivity index (χ0n) is 10.2. The average molecular weight is 315 g/mol. The van der Waals surface area contributed by atoms with Gasteiger partial charge >= 0.3 is 11.8 Å². The van der Waals surface area contributed by atoms with Gasteiger partial charge in [0.15, 0.2) is 0 Å². The second-order valence-corrected chi connectivity index (χ2v) is 4.76. The summed E-state index contributed by atoms with van der Waals surface area (Å²) in [7, 11) is 0. The zero-order chi connectivity index (χ0) is 13.7. The number of anilines is 1. The number of nitrogens with one attached hydrogen (secondary N) is 2. The smallest absolute Gasteiger partial charge is 0.313 e. The quantitative estimate of drug-likeness (QED) is 0.731. The molecule has 98 valence electrons. The molecule has 0 unspecified atom stereocenters. The van der Waals surface area contributed by atoms with Gasteiger partial charge in [-0.25, -0.2) is 0 Å². The molecule has 0 saturated carbocycles. The number of carbonyl (C=O) groups is 2. The molecule has 0 atom stereocenters. The Balaban J connectivity index is 2.79. The Morgan fingerprint density at radius 3 is 2.28 bits per heavy atom. The largest absolute Gasteiger partial charge is 0.395 e. The summed E-state index contributed by atoms with van der Waals surface area (Å²) in [5.41, 5.74) is 2.36. The fraction of sp³-hybridized carbons (Fsp3) is 0.333. The van der Waals surface area contributed by atoms with Crippen LogP contribution in [0.4, 0.5) is 5.69 Å². The standard InChI is InChI=1S/C12H15BrN2O3/c1-7-5-9(13)6-8(2)10(7)15-12(18)11(17)14-3-4-16/h5-6,16H,3-4H2,1-2H3,(H,14,17)(H,15,18). The Labute approximate surface area is 114 Å². The van der Waals surface area contributed by atoms with Crippen molar-refractivity contribution >= 4 is 33.4 Å². The lowest BCUT2D eigenvalue weighted by molar-refractivity contribution is -0.136. The molecule has 6 heteroatoms. The molecule has 0 aliphatic rings. The van der Waals surface area contributed by atoms with E-state index in [1.165, 1.54) is 0 Å². The number of benzene rings is 1. The molecule has 1 aromatic rings. The van der Waals surface area contributed by atoms with Gasteiger partial charge in [-0.3, -0.25) is 9.59 Å². The zero-order valence-corrected chi connectivity index (χ0v) is 11.8. The molecular weight excluding hydrogens is 300 g/mol. The van der Waals surface area contributed by atoms with Crippen LogP contribution in [0.1, 0.15) is 11.1 Å². The van der Waals surface area contributed by atoms with Crippen molar-refractivity contribution in [3.63, 3.8) is 0 Å². The number of aliphatic hydroxyl groups is 1. The summed E-state index contributed by atoms with van der Waals surface area (Å²) in [4.78, 5) is 22.9. The number of aliphatic hydroxyl groups excluding tert-OH is 1. The number of amides is 2. The molecule has 1 rings (SSSR count). The molecule has 1 aromatic carbocycles. The van der Waals surface area contributed by atoms with Gasteiger partial charge in [0, 0.05) is 16.7 Å². The van der Waals surface area contributed by atoms with Gasteiger partial charge in [-0.05, 0) is 37.1 Å². The highest BCUT2D eigenvalue weighted by Gasteiger charge is 2.15. The first-order valence-corrected chi connectivity index (χ1v) is 6.21. The molecule has 0 saturated heterocycles. The van der Waals surface area contributed by atoms with E-state index in [4.69, 9.17) is 5.11 Å². The highest BCUT2D eigenvalue weighted by Crippen LogP contribution is 2.24. The Hall–Kier alpha value is -1.40. The van der Waals surface area contributed by atoms with Crippen LogP contribution in [-0.2, 0) is 9.59 Å². The summed E-state index contributed by atoms with van der Waals surface area (Å²) in [5.74, 6) is -1.50. The van der Waals surface area contributed by atoms with Crippen molar-refractivity contribution in [2.24, 2.45) is 0 Å². The number of halogens is 1. The van der Waals surface area contributed by atoms with Crippen LogP contribution in [0, 0.1) is 13.8 Å². The van der Waals surface area contributed by atoms with Crippen molar-refractivity contribution in [1.29, 1.82) is 0 Å². The minimum absolute atomic E-state index is 0.0601. The molecule has 0 bridgehead atoms. The second kappa shape index (κ2) is 6.51. The molecule has 0 radical (unpaired) electrons. The Morgan fingerprint density at radius 2 is 1.78 bits per heavy atom. The minimum atomic E-state index is -0.759. The van der Waals surface area contributed by atoms with Crippen molar-refractivity contribution in [2.75, 3.05) is 18.5 Å². The third-order valence-corrected chi connectivity index (χ3v) is 2.80. The second-order valence-electron chi connectivity index (χ2n) is 3.85. The molecule has 0 aliphatic heterocycles. The average Bonchev–Trinajstić information content (AvgIpc) is 2.30. The van der Waals surface area contributed by atoms with Crippen molar-refractivity contribution in [3.05, 3.63) is 27.7 Å². The third-order valence-electron chi connectivity index (χ3n) is 2.34. The van der Waals surface area contributed by atoms with Gasteiger partial charge in [0.2, 0.25) is 0 Å². The summed E-state index contributed by atoms with van der Waals surface area (Å²) in [5, 5.41) is 13.4. The van der Waals surface area contributed by atoms with Gasteiger partial charge in [-0.2, -0.15) is 0 Å². The number of hydrogen-bond acceptors (Lipinski definition) is 3. The molecule has 0 heterocycles. The van der Waals surface area contributed by atoms with E-state index in [0.717, 1.165) is 15.6 Å². The summed E-state index contributed by atoms with van der Waals surface area (Å²) in [6.07, 6.45) is 0. The summed E-state index contributed by atoms with van der Waals surface area (Å²) < 4.78 is 0.917. The molecule has 0 spiro atoms. The first-order valence-electron chi connectivity index (χ1n) is 5.42. The van der Waals surface area contributed by atoms with E-state index in [2.05, 4.69) is 26.6 Å². The lowest BCUT2D eigenvalue weighted by Gasteiger charge is -2.12. The van der Waals surface area contributed by atoms with Crippen LogP contribution in [0.25, 0.3) is 0 Å². The molecule has 0 fully saturated rings. The molecule has 5 nitrogen and oxygen atoms in total. The molecule has 3 N–H and O–H groups in total. The van der Waals surface area contributed by atoms with Crippen LogP contribution in [-0.4, -0.2) is 30.1 Å². The lowest BCUT2D eigenvalue weighted by Crippen LogP contribution is -2.37. The maximum atomic E-state index is 11.6. The van der Waals surface area contributed by atoms with E-state index in [1.807, 2.05) is 26.0 Å². The maximum absolute atomic E-state index is 11.6. The number of hydrogen-bond donors (Lipinski definition) is 3. The van der Waals surface area contributed by atoms with Gasteiger partial charge in [0.1, 0.15) is 0 Å². The van der Waals surface area contributed by atoms with E-state index in [0.29, 0.717) is 5.69 Å². The monoisotopic (exact) mass is 314 g/mol. The van der Waals surface area contributed by atoms with Crippen molar-refractivity contribution in [1.82, 2.24) is 5.32 Å². The summed E-state index contributed by atoms with van der Waals surface area (Å²) >= 11 is 3.36. The predicted octanol–water partition coefficient (Wildman–Crippen LogP) is 1.11. The van der Waals surface area contributed by atoms with Gasteiger partial charge in [-0.15, -0.1) is 0 Å². The van der Waals surface area contributed by atoms with Crippen LogP contribution in [0.15, 0.2) is 16.6 Å². The van der Waals surface area contributed by atoms with Crippen LogP contribution in [0.2, 0.25) is 0 Å². The Morgan fingerprint density at radius 1 is 1.22 bits per heavy atom. The molecule has 18 heavy (non-hydrogen) atoms. The topological polar surface area (TPSA) is 78.4 Å². The lowest BCUT2D eigenvalue weighted by atomic mass is 10.1. The molecule has 0 aromatic heterocycles. The Bertz CT molecular complexity index is 451. The van der Waals surface area contributed by atoms with Gasteiger partial charge < -0.3 is 15.7 Å². The van der Waals surface area contributed by atoms with Gasteiger partial charge in [0.25, 0.3) is 0 Å². The molecule has 2 amide bonds. The van der Waals surface area contributed by atoms with E-state index in [9.17, 15) is 9.59 Å². The first kappa shape index (κ1) is 14.7.